The lowest BCUT2D eigenvalue weighted by Crippen LogP contribution is -2.19. The Morgan fingerprint density at radius 3 is 2.67 bits per heavy atom. The number of anilines is 2. The lowest BCUT2D eigenvalue weighted by atomic mass is 10.1. The van der Waals surface area contributed by atoms with Crippen LogP contribution in [0, 0.1) is 12.8 Å². The first-order valence-electron chi connectivity index (χ1n) is 7.53. The van der Waals surface area contributed by atoms with Gasteiger partial charge >= 0.3 is 0 Å². The fourth-order valence-corrected chi connectivity index (χ4v) is 2.32. The number of hydrogen-bond acceptors (Lipinski definition) is 3. The Labute approximate surface area is 128 Å². The molecule has 0 saturated carbocycles. The van der Waals surface area contributed by atoms with Crippen LogP contribution in [-0.4, -0.2) is 18.6 Å². The number of nitrogens with one attached hydrogen (secondary N) is 1. The summed E-state index contributed by atoms with van der Waals surface area (Å²) in [7, 11) is 2.07. The van der Waals surface area contributed by atoms with E-state index in [1.165, 1.54) is 16.8 Å². The van der Waals surface area contributed by atoms with Crippen molar-refractivity contribution in [2.24, 2.45) is 5.92 Å². The maximum atomic E-state index is 4.50. The highest BCUT2D eigenvalue weighted by Crippen LogP contribution is 2.25. The number of para-hydroxylation sites is 1. The number of aryl methyl sites for hydroxylation is 1. The molecule has 0 bridgehead atoms. The molecule has 0 aliphatic heterocycles. The van der Waals surface area contributed by atoms with Gasteiger partial charge in [-0.05, 0) is 48.7 Å². The molecule has 0 fully saturated rings. The van der Waals surface area contributed by atoms with Gasteiger partial charge in [-0.15, -0.1) is 0 Å². The largest absolute Gasteiger partial charge is 0.329 e. The summed E-state index contributed by atoms with van der Waals surface area (Å²) in [5, 5.41) is 3.47. The van der Waals surface area contributed by atoms with Crippen LogP contribution in [-0.2, 0) is 6.54 Å². The molecule has 3 heteroatoms. The van der Waals surface area contributed by atoms with Crippen LogP contribution >= 0.6 is 0 Å². The molecule has 1 heterocycles. The standard InChI is InChI=1S/C18H25N3/c1-14(2)12-19-13-16-9-10-20-18(11-16)21(4)17-8-6-5-7-15(17)3/h5-11,14,19H,12-13H2,1-4H3. The van der Waals surface area contributed by atoms with Crippen LogP contribution in [0.2, 0.25) is 0 Å². The van der Waals surface area contributed by atoms with Crippen molar-refractivity contribution in [1.29, 1.82) is 0 Å². The summed E-state index contributed by atoms with van der Waals surface area (Å²) in [6.07, 6.45) is 1.89. The Morgan fingerprint density at radius 1 is 1.19 bits per heavy atom. The first kappa shape index (κ1) is 15.5. The maximum Gasteiger partial charge on any atom is 0.132 e. The minimum atomic E-state index is 0.668. The van der Waals surface area contributed by atoms with Gasteiger partial charge in [-0.1, -0.05) is 32.0 Å². The van der Waals surface area contributed by atoms with E-state index in [9.17, 15) is 0 Å². The molecule has 2 rings (SSSR count). The fraction of sp³-hybridized carbons (Fsp3) is 0.389. The van der Waals surface area contributed by atoms with Crippen molar-refractivity contribution in [2.45, 2.75) is 27.3 Å². The molecule has 3 nitrogen and oxygen atoms in total. The van der Waals surface area contributed by atoms with E-state index in [1.807, 2.05) is 6.20 Å². The first-order chi connectivity index (χ1) is 10.1. The highest BCUT2D eigenvalue weighted by molar-refractivity contribution is 5.63. The molecule has 1 aromatic heterocycles. The Bertz CT molecular complexity index is 578. The normalized spacial score (nSPS) is 10.9. The zero-order valence-corrected chi connectivity index (χ0v) is 13.4. The van der Waals surface area contributed by atoms with Crippen LogP contribution in [0.3, 0.4) is 0 Å². The molecule has 0 amide bonds. The third kappa shape index (κ3) is 4.30. The van der Waals surface area contributed by atoms with Crippen molar-refractivity contribution in [2.75, 3.05) is 18.5 Å². The quantitative estimate of drug-likeness (QED) is 0.871. The van der Waals surface area contributed by atoms with Crippen LogP contribution in [0.25, 0.3) is 0 Å². The second-order valence-electron chi connectivity index (χ2n) is 5.89. The topological polar surface area (TPSA) is 28.2 Å². The van der Waals surface area contributed by atoms with E-state index in [1.54, 1.807) is 0 Å². The summed E-state index contributed by atoms with van der Waals surface area (Å²) in [6, 6.07) is 12.6. The van der Waals surface area contributed by atoms with Crippen molar-refractivity contribution in [1.82, 2.24) is 10.3 Å². The van der Waals surface area contributed by atoms with Gasteiger partial charge in [0.2, 0.25) is 0 Å². The van der Waals surface area contributed by atoms with Gasteiger partial charge in [-0.25, -0.2) is 4.98 Å². The summed E-state index contributed by atoms with van der Waals surface area (Å²) >= 11 is 0. The summed E-state index contributed by atoms with van der Waals surface area (Å²) in [5.74, 6) is 1.65. The maximum absolute atomic E-state index is 4.50. The second kappa shape index (κ2) is 7.23. The van der Waals surface area contributed by atoms with E-state index in [4.69, 9.17) is 0 Å². The van der Waals surface area contributed by atoms with Gasteiger partial charge < -0.3 is 10.2 Å². The summed E-state index contributed by atoms with van der Waals surface area (Å²) < 4.78 is 0. The van der Waals surface area contributed by atoms with Crippen LogP contribution in [0.1, 0.15) is 25.0 Å². The highest BCUT2D eigenvalue weighted by Gasteiger charge is 2.08. The van der Waals surface area contributed by atoms with Gasteiger partial charge in [0.1, 0.15) is 5.82 Å². The highest BCUT2D eigenvalue weighted by atomic mass is 15.2. The smallest absolute Gasteiger partial charge is 0.132 e. The number of nitrogens with zero attached hydrogens (tertiary/aromatic N) is 2. The molecule has 1 N–H and O–H groups in total. The van der Waals surface area contributed by atoms with Crippen molar-refractivity contribution in [3.63, 3.8) is 0 Å². The van der Waals surface area contributed by atoms with Crippen molar-refractivity contribution in [3.8, 4) is 0 Å². The predicted octanol–water partition coefficient (Wildman–Crippen LogP) is 3.90. The third-order valence-corrected chi connectivity index (χ3v) is 3.51. The van der Waals surface area contributed by atoms with E-state index in [2.05, 4.69) is 79.4 Å². The van der Waals surface area contributed by atoms with Gasteiger partial charge in [0.25, 0.3) is 0 Å². The van der Waals surface area contributed by atoms with E-state index < -0.39 is 0 Å². The summed E-state index contributed by atoms with van der Waals surface area (Å²) in [5.41, 5.74) is 3.71. The van der Waals surface area contributed by atoms with Crippen molar-refractivity contribution >= 4 is 11.5 Å². The zero-order chi connectivity index (χ0) is 15.2. The minimum absolute atomic E-state index is 0.668. The van der Waals surface area contributed by atoms with Crippen LogP contribution in [0.5, 0.6) is 0 Å². The Hall–Kier alpha value is -1.87. The minimum Gasteiger partial charge on any atom is -0.329 e. The molecule has 0 saturated heterocycles. The SMILES string of the molecule is Cc1ccccc1N(C)c1cc(CNCC(C)C)ccn1. The molecule has 21 heavy (non-hydrogen) atoms. The molecule has 0 radical (unpaired) electrons. The average Bonchev–Trinajstić information content (AvgIpc) is 2.47. The summed E-state index contributed by atoms with van der Waals surface area (Å²) in [6.45, 7) is 8.48. The Balaban J connectivity index is 2.11. The van der Waals surface area contributed by atoms with Gasteiger partial charge in [-0.2, -0.15) is 0 Å². The molecule has 0 unspecified atom stereocenters. The van der Waals surface area contributed by atoms with Gasteiger partial charge in [0, 0.05) is 25.5 Å². The predicted molar refractivity (Wildman–Crippen MR) is 90.0 cm³/mol. The van der Waals surface area contributed by atoms with Crippen LogP contribution in [0.15, 0.2) is 42.6 Å². The molecular formula is C18H25N3. The fourth-order valence-electron chi connectivity index (χ4n) is 2.32. The van der Waals surface area contributed by atoms with Crippen molar-refractivity contribution in [3.05, 3.63) is 53.7 Å². The Kier molecular flexibility index (Phi) is 5.34. The van der Waals surface area contributed by atoms with Crippen LogP contribution in [0.4, 0.5) is 11.5 Å². The molecular weight excluding hydrogens is 258 g/mol. The van der Waals surface area contributed by atoms with Gasteiger partial charge in [0.15, 0.2) is 0 Å². The average molecular weight is 283 g/mol. The molecule has 0 spiro atoms. The number of hydrogen-bond donors (Lipinski definition) is 1. The molecule has 0 aliphatic carbocycles. The number of aromatic nitrogens is 1. The first-order valence-corrected chi connectivity index (χ1v) is 7.53. The summed E-state index contributed by atoms with van der Waals surface area (Å²) in [4.78, 5) is 6.64. The number of pyridine rings is 1. The van der Waals surface area contributed by atoms with E-state index in [0.717, 1.165) is 18.9 Å². The van der Waals surface area contributed by atoms with Crippen LogP contribution < -0.4 is 10.2 Å². The molecule has 112 valence electrons. The van der Waals surface area contributed by atoms with Crippen molar-refractivity contribution < 1.29 is 0 Å². The monoisotopic (exact) mass is 283 g/mol. The molecule has 0 atom stereocenters. The molecule has 0 aliphatic rings. The van der Waals surface area contributed by atoms with Gasteiger partial charge in [0.05, 0.1) is 0 Å². The van der Waals surface area contributed by atoms with E-state index in [0.29, 0.717) is 5.92 Å². The number of rotatable bonds is 6. The van der Waals surface area contributed by atoms with E-state index in [-0.39, 0.29) is 0 Å². The lowest BCUT2D eigenvalue weighted by Gasteiger charge is -2.21. The zero-order valence-electron chi connectivity index (χ0n) is 13.4. The van der Waals surface area contributed by atoms with E-state index >= 15 is 0 Å². The lowest BCUT2D eigenvalue weighted by molar-refractivity contribution is 0.552. The van der Waals surface area contributed by atoms with Gasteiger partial charge in [-0.3, -0.25) is 0 Å². The second-order valence-corrected chi connectivity index (χ2v) is 5.89. The Morgan fingerprint density at radius 2 is 1.95 bits per heavy atom. The molecule has 1 aromatic carbocycles. The third-order valence-electron chi connectivity index (χ3n) is 3.51. The molecule has 2 aromatic rings. The number of benzene rings is 1.